The van der Waals surface area contributed by atoms with E-state index in [0.29, 0.717) is 51.5 Å². The minimum Gasteiger partial charge on any atom is -0.475 e. The van der Waals surface area contributed by atoms with Crippen molar-refractivity contribution in [2.24, 2.45) is 12.8 Å². The number of unbranched alkanes of at least 4 members (excludes halogenated alkanes) is 1. The van der Waals surface area contributed by atoms with E-state index in [2.05, 4.69) is 15.4 Å². The highest BCUT2D eigenvalue weighted by Crippen LogP contribution is 2.13. The lowest BCUT2D eigenvalue weighted by molar-refractivity contribution is -0.192. The molecule has 2 amide bonds. The number of carbonyl (C=O) groups excluding carboxylic acids is 2. The van der Waals surface area contributed by atoms with E-state index in [1.165, 1.54) is 4.80 Å². The first-order valence-electron chi connectivity index (χ1n) is 9.94. The first kappa shape index (κ1) is 27.1. The van der Waals surface area contributed by atoms with E-state index in [-0.39, 0.29) is 12.0 Å². The molecular formula is C17H28F3N7O5. The normalized spacial score (nSPS) is 14.9. The zero-order valence-corrected chi connectivity index (χ0v) is 17.9. The maximum Gasteiger partial charge on any atom is 0.490 e. The number of ether oxygens (including phenoxy) is 1. The average molecular weight is 467 g/mol. The summed E-state index contributed by atoms with van der Waals surface area (Å²) in [6.45, 7) is 4.36. The smallest absolute Gasteiger partial charge is 0.475 e. The first-order chi connectivity index (χ1) is 15.0. The molecule has 182 valence electrons. The summed E-state index contributed by atoms with van der Waals surface area (Å²) in [5.74, 6) is -2.29. The SMILES string of the molecule is CCCCOC(=O)N1CCN(C(=O)[C@@H](N)CCc2nnn(C)n2)CC1.O=C(O)C(F)(F)F. The zero-order chi connectivity index (χ0) is 24.3. The molecule has 15 heteroatoms. The molecule has 32 heavy (non-hydrogen) atoms. The predicted molar refractivity (Wildman–Crippen MR) is 103 cm³/mol. The number of nitrogens with two attached hydrogens (primary N) is 1. The van der Waals surface area contributed by atoms with Crippen LogP contribution in [0.1, 0.15) is 32.0 Å². The Labute approximate surface area is 182 Å². The molecule has 1 saturated heterocycles. The number of tetrazole rings is 1. The molecule has 0 bridgehead atoms. The fourth-order valence-corrected chi connectivity index (χ4v) is 2.57. The van der Waals surface area contributed by atoms with Gasteiger partial charge in [-0.3, -0.25) is 4.79 Å². The number of carbonyl (C=O) groups is 3. The zero-order valence-electron chi connectivity index (χ0n) is 17.9. The van der Waals surface area contributed by atoms with Crippen LogP contribution in [0.4, 0.5) is 18.0 Å². The van der Waals surface area contributed by atoms with Gasteiger partial charge in [-0.1, -0.05) is 13.3 Å². The molecule has 1 fully saturated rings. The molecule has 0 unspecified atom stereocenters. The molecule has 2 heterocycles. The molecule has 2 rings (SSSR count). The van der Waals surface area contributed by atoms with Gasteiger partial charge in [0.05, 0.1) is 19.7 Å². The number of nitrogens with zero attached hydrogens (tertiary/aromatic N) is 6. The molecule has 0 aromatic carbocycles. The van der Waals surface area contributed by atoms with Gasteiger partial charge in [0.25, 0.3) is 0 Å². The topological polar surface area (TPSA) is 157 Å². The third kappa shape index (κ3) is 9.45. The van der Waals surface area contributed by atoms with E-state index in [1.54, 1.807) is 16.8 Å². The third-order valence-corrected chi connectivity index (χ3v) is 4.36. The molecule has 0 aliphatic carbocycles. The van der Waals surface area contributed by atoms with Gasteiger partial charge in [-0.2, -0.15) is 18.0 Å². The van der Waals surface area contributed by atoms with Crippen molar-refractivity contribution < 1.29 is 37.4 Å². The van der Waals surface area contributed by atoms with Gasteiger partial charge >= 0.3 is 18.2 Å². The van der Waals surface area contributed by atoms with Gasteiger partial charge in [0.1, 0.15) is 0 Å². The van der Waals surface area contributed by atoms with Crippen molar-refractivity contribution in [3.05, 3.63) is 5.82 Å². The van der Waals surface area contributed by atoms with Crippen molar-refractivity contribution in [1.29, 1.82) is 0 Å². The highest BCUT2D eigenvalue weighted by molar-refractivity contribution is 5.82. The van der Waals surface area contributed by atoms with Crippen molar-refractivity contribution in [2.45, 2.75) is 44.8 Å². The highest BCUT2D eigenvalue weighted by Gasteiger charge is 2.38. The minimum absolute atomic E-state index is 0.108. The summed E-state index contributed by atoms with van der Waals surface area (Å²) in [5.41, 5.74) is 6.00. The standard InChI is InChI=1S/C15H27N7O3.C2HF3O2/c1-3-4-11-25-15(24)22-9-7-21(8-10-22)14(23)12(16)5-6-13-17-19-20(2)18-13;3-2(4,5)1(6)7/h12H,3-11,16H2,1-2H3;(H,6,7)/t12-;/m0./s1. The number of hydrogen-bond acceptors (Lipinski definition) is 8. The van der Waals surface area contributed by atoms with Crippen LogP contribution in [0.25, 0.3) is 0 Å². The fourth-order valence-electron chi connectivity index (χ4n) is 2.57. The lowest BCUT2D eigenvalue weighted by Gasteiger charge is -2.35. The van der Waals surface area contributed by atoms with Crippen molar-refractivity contribution >= 4 is 18.0 Å². The average Bonchev–Trinajstić information content (AvgIpc) is 3.16. The van der Waals surface area contributed by atoms with E-state index in [1.807, 2.05) is 6.92 Å². The second kappa shape index (κ2) is 12.8. The predicted octanol–water partition coefficient (Wildman–Crippen LogP) is 0.184. The number of aliphatic carboxylic acids is 1. The Balaban J connectivity index is 0.000000633. The van der Waals surface area contributed by atoms with E-state index in [0.717, 1.165) is 12.8 Å². The summed E-state index contributed by atoms with van der Waals surface area (Å²) >= 11 is 0. The molecule has 1 aliphatic heterocycles. The number of amides is 2. The van der Waals surface area contributed by atoms with Gasteiger partial charge in [0, 0.05) is 32.6 Å². The number of aryl methyl sites for hydroxylation is 2. The molecule has 12 nitrogen and oxygen atoms in total. The number of alkyl halides is 3. The van der Waals surface area contributed by atoms with Crippen LogP contribution in [-0.4, -0.2) is 98.1 Å². The summed E-state index contributed by atoms with van der Waals surface area (Å²) in [6, 6.07) is -0.605. The molecule has 1 aliphatic rings. The van der Waals surface area contributed by atoms with Gasteiger partial charge in [-0.05, 0) is 18.1 Å². The lowest BCUT2D eigenvalue weighted by atomic mass is 10.1. The van der Waals surface area contributed by atoms with Crippen LogP contribution in [0, 0.1) is 0 Å². The fraction of sp³-hybridized carbons (Fsp3) is 0.765. The molecule has 3 N–H and O–H groups in total. The van der Waals surface area contributed by atoms with Crippen LogP contribution < -0.4 is 5.73 Å². The third-order valence-electron chi connectivity index (χ3n) is 4.36. The molecule has 0 spiro atoms. The van der Waals surface area contributed by atoms with Crippen molar-refractivity contribution in [2.75, 3.05) is 32.8 Å². The summed E-state index contributed by atoms with van der Waals surface area (Å²) in [4.78, 5) is 37.9. The number of carboxylic acid groups (broad SMARTS) is 1. The number of rotatable bonds is 7. The number of aromatic nitrogens is 4. The molecule has 0 radical (unpaired) electrons. The van der Waals surface area contributed by atoms with Crippen molar-refractivity contribution in [1.82, 2.24) is 30.0 Å². The highest BCUT2D eigenvalue weighted by atomic mass is 19.4. The number of halogens is 3. The summed E-state index contributed by atoms with van der Waals surface area (Å²) in [5, 5.41) is 18.8. The number of carboxylic acids is 1. The van der Waals surface area contributed by atoms with Crippen LogP contribution in [0.5, 0.6) is 0 Å². The first-order valence-corrected chi connectivity index (χ1v) is 9.94. The summed E-state index contributed by atoms with van der Waals surface area (Å²) in [7, 11) is 1.69. The number of piperazine rings is 1. The quantitative estimate of drug-likeness (QED) is 0.534. The molecular weight excluding hydrogens is 439 g/mol. The second-order valence-corrected chi connectivity index (χ2v) is 6.92. The number of hydrogen-bond donors (Lipinski definition) is 2. The Kier molecular flexibility index (Phi) is 10.8. The largest absolute Gasteiger partial charge is 0.490 e. The minimum atomic E-state index is -5.08. The Hall–Kier alpha value is -2.97. The van der Waals surface area contributed by atoms with Crippen LogP contribution in [0.2, 0.25) is 0 Å². The Bertz CT molecular complexity index is 751. The maximum atomic E-state index is 12.4. The van der Waals surface area contributed by atoms with Crippen molar-refractivity contribution in [3.8, 4) is 0 Å². The molecule has 1 aromatic rings. The van der Waals surface area contributed by atoms with Gasteiger partial charge in [0.2, 0.25) is 5.91 Å². The van der Waals surface area contributed by atoms with Crippen LogP contribution >= 0.6 is 0 Å². The van der Waals surface area contributed by atoms with Crippen molar-refractivity contribution in [3.63, 3.8) is 0 Å². The van der Waals surface area contributed by atoms with Gasteiger partial charge in [-0.15, -0.1) is 10.2 Å². The van der Waals surface area contributed by atoms with Gasteiger partial charge in [0.15, 0.2) is 5.82 Å². The van der Waals surface area contributed by atoms with Gasteiger partial charge in [-0.25, -0.2) is 9.59 Å². The maximum absolute atomic E-state index is 12.4. The second-order valence-electron chi connectivity index (χ2n) is 6.92. The van der Waals surface area contributed by atoms with Crippen LogP contribution in [-0.2, 0) is 27.8 Å². The van der Waals surface area contributed by atoms with E-state index in [4.69, 9.17) is 20.4 Å². The monoisotopic (exact) mass is 467 g/mol. The van der Waals surface area contributed by atoms with Crippen LogP contribution in [0.3, 0.4) is 0 Å². The molecule has 1 aromatic heterocycles. The molecule has 1 atom stereocenters. The van der Waals surface area contributed by atoms with Crippen LogP contribution in [0.15, 0.2) is 0 Å². The Morgan fingerprint density at radius 3 is 2.22 bits per heavy atom. The van der Waals surface area contributed by atoms with Gasteiger partial charge < -0.3 is 25.4 Å². The Morgan fingerprint density at radius 1 is 1.19 bits per heavy atom. The van der Waals surface area contributed by atoms with E-state index >= 15 is 0 Å². The van der Waals surface area contributed by atoms with E-state index < -0.39 is 18.2 Å². The Morgan fingerprint density at radius 2 is 1.75 bits per heavy atom. The molecule has 0 saturated carbocycles. The van der Waals surface area contributed by atoms with E-state index in [9.17, 15) is 22.8 Å². The summed E-state index contributed by atoms with van der Waals surface area (Å²) < 4.78 is 36.9. The lowest BCUT2D eigenvalue weighted by Crippen LogP contribution is -2.54. The summed E-state index contributed by atoms with van der Waals surface area (Å²) in [6.07, 6.45) is -2.58.